The van der Waals surface area contributed by atoms with Crippen molar-refractivity contribution in [1.29, 1.82) is 0 Å². The Morgan fingerprint density at radius 1 is 0.829 bits per heavy atom. The number of thioether (sulfide) groups is 1. The molecule has 0 fully saturated rings. The van der Waals surface area contributed by atoms with Gasteiger partial charge in [0.05, 0.1) is 25.4 Å². The van der Waals surface area contributed by atoms with Crippen LogP contribution in [0.3, 0.4) is 0 Å². The van der Waals surface area contributed by atoms with Gasteiger partial charge >= 0.3 is 11.9 Å². The summed E-state index contributed by atoms with van der Waals surface area (Å²) < 4.78 is 21.0. The highest BCUT2D eigenvalue weighted by atomic mass is 32.2. The Labute approximate surface area is 242 Å². The summed E-state index contributed by atoms with van der Waals surface area (Å²) in [7, 11) is 1.50. The Balaban J connectivity index is 1.29. The second-order valence-corrected chi connectivity index (χ2v) is 10.1. The molecule has 0 atom stereocenters. The topological polar surface area (TPSA) is 88.1 Å². The summed E-state index contributed by atoms with van der Waals surface area (Å²) in [5.74, 6) is 0.194. The van der Waals surface area contributed by atoms with Gasteiger partial charge in [-0.25, -0.2) is 9.59 Å². The third-order valence-corrected chi connectivity index (χ3v) is 7.04. The van der Waals surface area contributed by atoms with Crippen LogP contribution in [0.1, 0.15) is 23.2 Å². The standard InChI is InChI=1S/C33H30O7S/c1-4-31(34)40-27-12-16-30-24(20-27)8-7-23-19-25(9-15-29(23)30)33(36)41-28-13-10-26(11-14-28)38-17-5-6-18-39-32(35)22(2)21-37-3/h4,7-16,19-20H,1-2,5-6,17-18,21H2,3H3. The predicted molar refractivity (Wildman–Crippen MR) is 161 cm³/mol. The van der Waals surface area contributed by atoms with Crippen molar-refractivity contribution in [2.75, 3.05) is 26.9 Å². The van der Waals surface area contributed by atoms with Crippen molar-refractivity contribution in [2.45, 2.75) is 17.7 Å². The van der Waals surface area contributed by atoms with E-state index in [1.165, 1.54) is 7.11 Å². The van der Waals surface area contributed by atoms with E-state index in [1.54, 1.807) is 12.1 Å². The minimum Gasteiger partial charge on any atom is -0.494 e. The average molecular weight is 571 g/mol. The fourth-order valence-electron chi connectivity index (χ4n) is 4.06. The number of carbonyl (C=O) groups is 3. The molecule has 0 N–H and O–H groups in total. The number of methoxy groups -OCH3 is 1. The Bertz CT molecular complexity index is 1590. The van der Waals surface area contributed by atoms with Crippen LogP contribution in [0.4, 0.5) is 0 Å². The first-order valence-corrected chi connectivity index (χ1v) is 13.8. The van der Waals surface area contributed by atoms with Crippen LogP contribution < -0.4 is 9.47 Å². The molecule has 0 radical (unpaired) electrons. The number of ether oxygens (including phenoxy) is 4. The molecule has 4 rings (SSSR count). The SMILES string of the molecule is C=CC(=O)Oc1ccc2c(ccc3cc(C(=O)Sc4ccc(OCCCCOC(=O)C(=C)COC)cc4)ccc32)c1. The van der Waals surface area contributed by atoms with Gasteiger partial charge in [0.2, 0.25) is 5.12 Å². The van der Waals surface area contributed by atoms with E-state index in [4.69, 9.17) is 18.9 Å². The molecule has 4 aromatic carbocycles. The van der Waals surface area contributed by atoms with Crippen molar-refractivity contribution in [3.8, 4) is 11.5 Å². The van der Waals surface area contributed by atoms with Gasteiger partial charge in [0, 0.05) is 23.6 Å². The first-order valence-electron chi connectivity index (χ1n) is 13.0. The highest BCUT2D eigenvalue weighted by Crippen LogP contribution is 2.31. The van der Waals surface area contributed by atoms with Gasteiger partial charge in [-0.1, -0.05) is 37.4 Å². The van der Waals surface area contributed by atoms with Crippen LogP contribution in [0.15, 0.2) is 102 Å². The average Bonchev–Trinajstić information content (AvgIpc) is 2.99. The molecule has 0 saturated heterocycles. The fraction of sp³-hybridized carbons (Fsp3) is 0.182. The summed E-state index contributed by atoms with van der Waals surface area (Å²) in [6.45, 7) is 7.96. The second-order valence-electron chi connectivity index (χ2n) is 9.10. The number of fused-ring (bicyclic) bond motifs is 3. The lowest BCUT2D eigenvalue weighted by molar-refractivity contribution is -0.139. The summed E-state index contributed by atoms with van der Waals surface area (Å²) >= 11 is 1.16. The van der Waals surface area contributed by atoms with E-state index in [1.807, 2.05) is 60.7 Å². The minimum atomic E-state index is -0.508. The van der Waals surface area contributed by atoms with Crippen LogP contribution in [-0.2, 0) is 19.1 Å². The molecule has 0 unspecified atom stereocenters. The van der Waals surface area contributed by atoms with Crippen molar-refractivity contribution in [2.24, 2.45) is 0 Å². The van der Waals surface area contributed by atoms with Crippen LogP contribution in [0.5, 0.6) is 11.5 Å². The third-order valence-electron chi connectivity index (χ3n) is 6.11. The molecule has 0 heterocycles. The Morgan fingerprint density at radius 2 is 1.49 bits per heavy atom. The van der Waals surface area contributed by atoms with Gasteiger partial charge in [-0.3, -0.25) is 4.79 Å². The van der Waals surface area contributed by atoms with E-state index >= 15 is 0 Å². The lowest BCUT2D eigenvalue weighted by atomic mass is 10.0. The van der Waals surface area contributed by atoms with Gasteiger partial charge < -0.3 is 18.9 Å². The van der Waals surface area contributed by atoms with Gasteiger partial charge in [-0.15, -0.1) is 0 Å². The maximum absolute atomic E-state index is 13.0. The van der Waals surface area contributed by atoms with E-state index < -0.39 is 11.9 Å². The molecule has 210 valence electrons. The van der Waals surface area contributed by atoms with Gasteiger partial charge in [0.1, 0.15) is 11.5 Å². The maximum atomic E-state index is 13.0. The molecule has 41 heavy (non-hydrogen) atoms. The van der Waals surface area contributed by atoms with Crippen LogP contribution in [0.25, 0.3) is 21.5 Å². The quantitative estimate of drug-likeness (QED) is 0.0427. The molecule has 7 nitrogen and oxygen atoms in total. The lowest BCUT2D eigenvalue weighted by Gasteiger charge is -2.09. The summed E-state index contributed by atoms with van der Waals surface area (Å²) in [5.41, 5.74) is 0.893. The molecule has 8 heteroatoms. The zero-order valence-corrected chi connectivity index (χ0v) is 23.5. The molecule has 0 aliphatic rings. The largest absolute Gasteiger partial charge is 0.494 e. The van der Waals surface area contributed by atoms with Gasteiger partial charge in [0.15, 0.2) is 0 Å². The number of esters is 2. The van der Waals surface area contributed by atoms with Crippen LogP contribution in [-0.4, -0.2) is 44.0 Å². The molecular weight excluding hydrogens is 540 g/mol. The summed E-state index contributed by atoms with van der Waals surface area (Å²) in [6.07, 6.45) is 2.52. The van der Waals surface area contributed by atoms with Gasteiger partial charge in [0.25, 0.3) is 0 Å². The van der Waals surface area contributed by atoms with Crippen LogP contribution in [0.2, 0.25) is 0 Å². The normalized spacial score (nSPS) is 10.8. The predicted octanol–water partition coefficient (Wildman–Crippen LogP) is 6.92. The molecule has 0 spiro atoms. The van der Waals surface area contributed by atoms with E-state index in [2.05, 4.69) is 13.2 Å². The fourth-order valence-corrected chi connectivity index (χ4v) is 4.79. The number of benzene rings is 4. The first kappa shape index (κ1) is 29.6. The van der Waals surface area contributed by atoms with Crippen molar-refractivity contribution in [3.63, 3.8) is 0 Å². The monoisotopic (exact) mass is 570 g/mol. The van der Waals surface area contributed by atoms with Crippen LogP contribution in [0, 0.1) is 0 Å². The van der Waals surface area contributed by atoms with Gasteiger partial charge in [-0.2, -0.15) is 0 Å². The summed E-state index contributed by atoms with van der Waals surface area (Å²) in [4.78, 5) is 37.0. The molecular formula is C33H30O7S. The molecule has 0 saturated carbocycles. The first-order chi connectivity index (χ1) is 19.9. The van der Waals surface area contributed by atoms with Crippen LogP contribution >= 0.6 is 11.8 Å². The molecule has 4 aromatic rings. The zero-order chi connectivity index (χ0) is 29.2. The molecule has 0 amide bonds. The maximum Gasteiger partial charge on any atom is 0.335 e. The molecule has 0 aliphatic heterocycles. The van der Waals surface area contributed by atoms with Crippen molar-refractivity contribution in [3.05, 3.63) is 103 Å². The number of hydrogen-bond acceptors (Lipinski definition) is 8. The lowest BCUT2D eigenvalue weighted by Crippen LogP contribution is -2.12. The van der Waals surface area contributed by atoms with E-state index in [0.717, 1.165) is 50.7 Å². The number of rotatable bonds is 13. The highest BCUT2D eigenvalue weighted by molar-refractivity contribution is 8.14. The van der Waals surface area contributed by atoms with E-state index in [-0.39, 0.29) is 11.7 Å². The van der Waals surface area contributed by atoms with Gasteiger partial charge in [-0.05, 0) is 94.7 Å². The smallest absolute Gasteiger partial charge is 0.335 e. The molecule has 0 bridgehead atoms. The number of hydrogen-bond donors (Lipinski definition) is 0. The summed E-state index contributed by atoms with van der Waals surface area (Å²) in [6, 6.07) is 22.4. The minimum absolute atomic E-state index is 0.0601. The van der Waals surface area contributed by atoms with E-state index in [9.17, 15) is 14.4 Å². The zero-order valence-electron chi connectivity index (χ0n) is 22.7. The molecule has 0 aromatic heterocycles. The molecule has 0 aliphatic carbocycles. The third kappa shape index (κ3) is 8.06. The second kappa shape index (κ2) is 14.3. The number of carbonyl (C=O) groups excluding carboxylic acids is 3. The Hall–Kier alpha value is -4.40. The highest BCUT2D eigenvalue weighted by Gasteiger charge is 2.12. The van der Waals surface area contributed by atoms with E-state index in [0.29, 0.717) is 42.3 Å². The van der Waals surface area contributed by atoms with Crippen molar-refractivity contribution in [1.82, 2.24) is 0 Å². The Kier molecular flexibility index (Phi) is 10.3. The van der Waals surface area contributed by atoms with Crippen molar-refractivity contribution >= 4 is 50.4 Å². The summed E-state index contributed by atoms with van der Waals surface area (Å²) in [5, 5.41) is 3.81. The van der Waals surface area contributed by atoms with Crippen molar-refractivity contribution < 1.29 is 33.3 Å². The number of unbranched alkanes of at least 4 members (excludes halogenated alkanes) is 1. The Morgan fingerprint density at radius 3 is 2.20 bits per heavy atom.